The molecule has 0 bridgehead atoms. The largest absolute Gasteiger partial charge is 0.374 e. The Bertz CT molecular complexity index is 991. The van der Waals surface area contributed by atoms with Gasteiger partial charge in [0.15, 0.2) is 5.60 Å². The maximum absolute atomic E-state index is 12.9. The number of hydrogen-bond donors (Lipinski definition) is 3. The minimum absolute atomic E-state index is 0.285. The summed E-state index contributed by atoms with van der Waals surface area (Å²) < 4.78 is 0. The summed E-state index contributed by atoms with van der Waals surface area (Å²) in [7, 11) is 0. The lowest BCUT2D eigenvalue weighted by Crippen LogP contribution is -2.48. The third-order valence-electron chi connectivity index (χ3n) is 4.61. The van der Waals surface area contributed by atoms with Crippen molar-refractivity contribution in [3.63, 3.8) is 0 Å². The number of aliphatic hydroxyl groups is 1. The van der Waals surface area contributed by atoms with Gasteiger partial charge in [0.25, 0.3) is 0 Å². The molecule has 0 amide bonds. The topological polar surface area (TPSA) is 105 Å². The highest BCUT2D eigenvalue weighted by molar-refractivity contribution is 6.28. The van der Waals surface area contributed by atoms with Crippen molar-refractivity contribution in [3.8, 4) is 0 Å². The number of nitrogens with zero attached hydrogens (tertiary/aromatic N) is 3. The van der Waals surface area contributed by atoms with E-state index in [-0.39, 0.29) is 12.2 Å². The lowest BCUT2D eigenvalue weighted by atomic mass is 9.87. The van der Waals surface area contributed by atoms with Crippen LogP contribution in [0, 0.1) is 12.3 Å². The molecule has 126 valence electrons. The number of hydrogen-bond acceptors (Lipinski definition) is 5. The first-order chi connectivity index (χ1) is 12.0. The first-order valence-electron chi connectivity index (χ1n) is 7.99. The molecule has 0 saturated carbocycles. The fourth-order valence-corrected chi connectivity index (χ4v) is 3.35. The molecule has 1 fully saturated rings. The number of amidine groups is 1. The number of benzene rings is 1. The van der Waals surface area contributed by atoms with Crippen LogP contribution in [-0.4, -0.2) is 40.2 Å². The van der Waals surface area contributed by atoms with Gasteiger partial charge in [-0.15, -0.1) is 0 Å². The number of ketones is 1. The van der Waals surface area contributed by atoms with Crippen LogP contribution in [0.1, 0.15) is 22.3 Å². The molecule has 4 rings (SSSR count). The average Bonchev–Trinajstić information content (AvgIpc) is 2.95. The molecular formula is C18H17N5O2. The van der Waals surface area contributed by atoms with Crippen LogP contribution in [0.4, 0.5) is 11.4 Å². The Kier molecular flexibility index (Phi) is 3.40. The number of aryl methyl sites for hydroxylation is 1. The highest BCUT2D eigenvalue weighted by atomic mass is 16.3. The van der Waals surface area contributed by atoms with Gasteiger partial charge in [-0.3, -0.25) is 10.2 Å². The molecule has 0 radical (unpaired) electrons. The number of aromatic amines is 1. The average molecular weight is 335 g/mol. The first-order valence-corrected chi connectivity index (χ1v) is 7.99. The molecule has 7 heteroatoms. The van der Waals surface area contributed by atoms with Gasteiger partial charge in [0.05, 0.1) is 5.69 Å². The summed E-state index contributed by atoms with van der Waals surface area (Å²) in [6.45, 7) is 2.38. The number of H-pyrrole nitrogens is 1. The highest BCUT2D eigenvalue weighted by Gasteiger charge is 2.52. The van der Waals surface area contributed by atoms with Crippen LogP contribution in [0.3, 0.4) is 0 Å². The van der Waals surface area contributed by atoms with Gasteiger partial charge in [-0.05, 0) is 25.1 Å². The number of Topliss-reactive ketones (excluding diaryl/α,β-unsaturated/α-hetero) is 1. The number of nitrogens with one attached hydrogen (secondary N) is 2. The molecule has 1 aromatic heterocycles. The second-order valence-corrected chi connectivity index (χ2v) is 6.24. The third-order valence-corrected chi connectivity index (χ3v) is 4.61. The Morgan fingerprint density at radius 3 is 3.04 bits per heavy atom. The van der Waals surface area contributed by atoms with E-state index in [0.717, 1.165) is 17.6 Å². The summed E-state index contributed by atoms with van der Waals surface area (Å²) in [5.41, 5.74) is 1.68. The number of anilines is 1. The van der Waals surface area contributed by atoms with E-state index >= 15 is 0 Å². The molecular weight excluding hydrogens is 318 g/mol. The van der Waals surface area contributed by atoms with Crippen LogP contribution in [0.5, 0.6) is 0 Å². The molecule has 0 unspecified atom stereocenters. The van der Waals surface area contributed by atoms with Crippen molar-refractivity contribution in [3.05, 3.63) is 53.1 Å². The number of carbonyl (C=O) groups excluding carboxylic acids is 1. The highest BCUT2D eigenvalue weighted by Crippen LogP contribution is 2.39. The zero-order valence-electron chi connectivity index (χ0n) is 13.7. The molecule has 0 spiro atoms. The van der Waals surface area contributed by atoms with E-state index in [2.05, 4.69) is 15.0 Å². The fraction of sp³-hybridized carbons (Fsp3) is 0.222. The Hall–Kier alpha value is -3.06. The van der Waals surface area contributed by atoms with Crippen molar-refractivity contribution in [2.75, 3.05) is 11.4 Å². The molecule has 1 aromatic carbocycles. The smallest absolute Gasteiger partial charge is 0.204 e. The maximum atomic E-state index is 12.9. The number of rotatable bonds is 2. The Morgan fingerprint density at radius 1 is 1.40 bits per heavy atom. The molecule has 2 aromatic rings. The lowest BCUT2D eigenvalue weighted by Gasteiger charge is -2.29. The quantitative estimate of drug-likeness (QED) is 0.574. The second-order valence-electron chi connectivity index (χ2n) is 6.24. The van der Waals surface area contributed by atoms with Gasteiger partial charge in [-0.1, -0.05) is 11.6 Å². The molecule has 1 atom stereocenters. The van der Waals surface area contributed by atoms with Crippen LogP contribution < -0.4 is 10.4 Å². The van der Waals surface area contributed by atoms with Gasteiger partial charge in [-0.25, -0.2) is 9.98 Å². The summed E-state index contributed by atoms with van der Waals surface area (Å²) in [4.78, 5) is 26.2. The van der Waals surface area contributed by atoms with Crippen LogP contribution in [0.25, 0.3) is 0 Å². The first kappa shape index (κ1) is 15.5. The molecule has 2 aliphatic heterocycles. The summed E-state index contributed by atoms with van der Waals surface area (Å²) in [5, 5.41) is 18.1. The third kappa shape index (κ3) is 2.32. The van der Waals surface area contributed by atoms with Gasteiger partial charge in [0, 0.05) is 36.5 Å². The summed E-state index contributed by atoms with van der Waals surface area (Å²) in [6.07, 6.45) is 2.95. The van der Waals surface area contributed by atoms with Crippen LogP contribution in [0.2, 0.25) is 0 Å². The van der Waals surface area contributed by atoms with Gasteiger partial charge < -0.3 is 15.0 Å². The Labute approximate surface area is 143 Å². The molecule has 0 aliphatic carbocycles. The monoisotopic (exact) mass is 335 g/mol. The van der Waals surface area contributed by atoms with E-state index in [1.807, 2.05) is 24.0 Å². The molecule has 3 heterocycles. The predicted octanol–water partition coefficient (Wildman–Crippen LogP) is 1.70. The number of aromatic nitrogens is 1. The van der Waals surface area contributed by atoms with E-state index in [1.165, 1.54) is 0 Å². The number of carbonyl (C=O) groups is 1. The van der Waals surface area contributed by atoms with E-state index in [0.29, 0.717) is 29.1 Å². The lowest BCUT2D eigenvalue weighted by molar-refractivity contribution is 0.0602. The summed E-state index contributed by atoms with van der Waals surface area (Å²) in [5.74, 6) is 0.0476. The van der Waals surface area contributed by atoms with Crippen molar-refractivity contribution < 1.29 is 9.90 Å². The summed E-state index contributed by atoms with van der Waals surface area (Å²) >= 11 is 0. The zero-order chi connectivity index (χ0) is 17.6. The number of fused-ring (bicyclic) bond motifs is 2. The van der Waals surface area contributed by atoms with E-state index < -0.39 is 5.60 Å². The van der Waals surface area contributed by atoms with Crippen molar-refractivity contribution >= 4 is 29.3 Å². The predicted molar refractivity (Wildman–Crippen MR) is 94.7 cm³/mol. The molecule has 25 heavy (non-hydrogen) atoms. The molecule has 7 nitrogen and oxygen atoms in total. The van der Waals surface area contributed by atoms with E-state index in [1.54, 1.807) is 24.4 Å². The van der Waals surface area contributed by atoms with Crippen molar-refractivity contribution in [2.24, 2.45) is 9.98 Å². The number of aliphatic imine (C=N–C) groups is 1. The second kappa shape index (κ2) is 5.49. The van der Waals surface area contributed by atoms with Crippen molar-refractivity contribution in [1.29, 1.82) is 5.41 Å². The molecule has 3 N–H and O–H groups in total. The van der Waals surface area contributed by atoms with E-state index in [4.69, 9.17) is 5.41 Å². The Morgan fingerprint density at radius 2 is 2.24 bits per heavy atom. The minimum Gasteiger partial charge on any atom is -0.374 e. The molecule has 2 aliphatic rings. The van der Waals surface area contributed by atoms with Crippen LogP contribution in [-0.2, 0) is 0 Å². The van der Waals surface area contributed by atoms with Gasteiger partial charge in [-0.2, -0.15) is 0 Å². The van der Waals surface area contributed by atoms with Gasteiger partial charge >= 0.3 is 0 Å². The normalized spacial score (nSPS) is 22.5. The van der Waals surface area contributed by atoms with Crippen LogP contribution in [0.15, 0.2) is 46.5 Å². The SMILES string of the molecule is Cc1ccc2c(c1)C(=O)[C@]1(O)CCN(c3cc[nH]/c(=N\C=N)c3)C1=N2. The molecule has 1 saturated heterocycles. The number of pyridine rings is 1. The Balaban J connectivity index is 1.85. The van der Waals surface area contributed by atoms with Gasteiger partial charge in [0.2, 0.25) is 5.78 Å². The van der Waals surface area contributed by atoms with E-state index in [9.17, 15) is 9.90 Å². The summed E-state index contributed by atoms with van der Waals surface area (Å²) in [6, 6.07) is 9.07. The van der Waals surface area contributed by atoms with Crippen molar-refractivity contribution in [1.82, 2.24) is 4.98 Å². The van der Waals surface area contributed by atoms with Crippen LogP contribution >= 0.6 is 0 Å². The fourth-order valence-electron chi connectivity index (χ4n) is 3.35. The standard InChI is InChI=1S/C18H17N5O2/c1-11-2-3-14-13(8-11)16(24)18(25)5-7-23(17(18)22-14)12-4-6-20-15(9-12)21-10-19/h2-4,6,8-10,25H,5,7H2,1H3,(H2,19,20,21)/t18-/m1/s1. The zero-order valence-corrected chi connectivity index (χ0v) is 13.7. The van der Waals surface area contributed by atoms with Crippen molar-refractivity contribution in [2.45, 2.75) is 18.9 Å². The van der Waals surface area contributed by atoms with Gasteiger partial charge in [0.1, 0.15) is 17.7 Å². The minimum atomic E-state index is -1.60. The maximum Gasteiger partial charge on any atom is 0.204 e.